The molecule has 21 heavy (non-hydrogen) atoms. The topological polar surface area (TPSA) is 49.6 Å². The highest BCUT2D eigenvalue weighted by atomic mass is 16.2. The average Bonchev–Trinajstić information content (AvgIpc) is 2.68. The van der Waals surface area contributed by atoms with Crippen LogP contribution in [0.15, 0.2) is 18.2 Å². The lowest BCUT2D eigenvalue weighted by atomic mass is 10.1. The number of likely N-dealkylation sites (N-methyl/N-ethyl adjacent to an activating group) is 1. The first kappa shape index (κ1) is 15.8. The summed E-state index contributed by atoms with van der Waals surface area (Å²) in [7, 11) is 1.80. The van der Waals surface area contributed by atoms with E-state index in [1.165, 1.54) is 24.9 Å². The molecule has 0 spiro atoms. The van der Waals surface area contributed by atoms with Gasteiger partial charge in [0.05, 0.1) is 5.69 Å². The number of unbranched alkanes of at least 4 members (excludes halogenated alkanes) is 2. The van der Waals surface area contributed by atoms with Crippen LogP contribution in [0.2, 0.25) is 0 Å². The molecule has 2 rings (SSSR count). The van der Waals surface area contributed by atoms with Gasteiger partial charge in [0.1, 0.15) is 6.04 Å². The summed E-state index contributed by atoms with van der Waals surface area (Å²) in [4.78, 5) is 16.1. The van der Waals surface area contributed by atoms with Crippen molar-refractivity contribution in [3.05, 3.63) is 23.8 Å². The Labute approximate surface area is 127 Å². The third kappa shape index (κ3) is 3.05. The van der Waals surface area contributed by atoms with Gasteiger partial charge >= 0.3 is 0 Å². The maximum absolute atomic E-state index is 12.0. The summed E-state index contributed by atoms with van der Waals surface area (Å²) in [5.74, 6) is -0.0239. The van der Waals surface area contributed by atoms with Crippen LogP contribution in [-0.4, -0.2) is 25.5 Å². The van der Waals surface area contributed by atoms with Crippen molar-refractivity contribution in [1.82, 2.24) is 0 Å². The minimum Gasteiger partial charge on any atom is -0.369 e. The minimum atomic E-state index is -0.508. The van der Waals surface area contributed by atoms with Crippen LogP contribution in [0.1, 0.15) is 51.6 Å². The van der Waals surface area contributed by atoms with E-state index >= 15 is 0 Å². The van der Waals surface area contributed by atoms with E-state index in [0.29, 0.717) is 6.04 Å². The van der Waals surface area contributed by atoms with Crippen LogP contribution >= 0.6 is 0 Å². The normalized spacial score (nSPS) is 17.5. The maximum Gasteiger partial charge on any atom is 0.248 e. The molecule has 4 nitrogen and oxygen atoms in total. The van der Waals surface area contributed by atoms with Crippen molar-refractivity contribution in [3.63, 3.8) is 0 Å². The molecule has 1 aliphatic rings. The van der Waals surface area contributed by atoms with E-state index in [2.05, 4.69) is 37.8 Å². The molecule has 0 fully saturated rings. The van der Waals surface area contributed by atoms with Crippen molar-refractivity contribution in [2.75, 3.05) is 23.4 Å². The van der Waals surface area contributed by atoms with Crippen LogP contribution < -0.4 is 15.5 Å². The predicted octanol–water partition coefficient (Wildman–Crippen LogP) is 3.07. The van der Waals surface area contributed by atoms with E-state index < -0.39 is 6.04 Å². The highest BCUT2D eigenvalue weighted by molar-refractivity contribution is 6.04. The minimum absolute atomic E-state index is 0.0239. The van der Waals surface area contributed by atoms with E-state index in [0.717, 1.165) is 17.8 Å². The Balaban J connectivity index is 2.26. The summed E-state index contributed by atoms with van der Waals surface area (Å²) >= 11 is 0. The molecule has 0 radical (unpaired) electrons. The Morgan fingerprint density at radius 1 is 1.33 bits per heavy atom. The second-order valence-electron chi connectivity index (χ2n) is 6.11. The van der Waals surface area contributed by atoms with E-state index in [1.54, 1.807) is 11.9 Å². The summed E-state index contributed by atoms with van der Waals surface area (Å²) in [6.07, 6.45) is 3.67. The molecule has 0 aromatic heterocycles. The molecule has 4 heteroatoms. The van der Waals surface area contributed by atoms with E-state index in [-0.39, 0.29) is 5.91 Å². The van der Waals surface area contributed by atoms with E-state index in [4.69, 9.17) is 5.73 Å². The van der Waals surface area contributed by atoms with E-state index in [1.807, 2.05) is 6.07 Å². The number of nitrogens with zero attached hydrogens (tertiary/aromatic N) is 2. The van der Waals surface area contributed by atoms with Gasteiger partial charge in [-0.05, 0) is 32.4 Å². The third-order valence-corrected chi connectivity index (χ3v) is 4.26. The van der Waals surface area contributed by atoms with Crippen LogP contribution in [-0.2, 0) is 4.79 Å². The molecule has 116 valence electrons. The SMILES string of the molecule is CCCCCN(c1ccc2c(c1)N(C)C(=O)C2N)C(C)C. The number of rotatable bonds is 6. The number of fused-ring (bicyclic) bond motifs is 1. The van der Waals surface area contributed by atoms with Gasteiger partial charge in [-0.2, -0.15) is 0 Å². The third-order valence-electron chi connectivity index (χ3n) is 4.26. The Hall–Kier alpha value is -1.55. The standard InChI is InChI=1S/C17H27N3O/c1-5-6-7-10-20(12(2)3)13-8-9-14-15(11-13)19(4)17(21)16(14)18/h8-9,11-12,16H,5-7,10,18H2,1-4H3. The van der Waals surface area contributed by atoms with Crippen molar-refractivity contribution < 1.29 is 4.79 Å². The number of carbonyl (C=O) groups excluding carboxylic acids is 1. The fourth-order valence-electron chi connectivity index (χ4n) is 2.94. The largest absolute Gasteiger partial charge is 0.369 e. The number of anilines is 2. The molecule has 1 aliphatic heterocycles. The quantitative estimate of drug-likeness (QED) is 0.819. The molecule has 1 heterocycles. The van der Waals surface area contributed by atoms with Gasteiger partial charge in [0, 0.05) is 30.9 Å². The van der Waals surface area contributed by atoms with Crippen molar-refractivity contribution in [1.29, 1.82) is 0 Å². The van der Waals surface area contributed by atoms with Crippen LogP contribution in [0, 0.1) is 0 Å². The van der Waals surface area contributed by atoms with Gasteiger partial charge in [-0.3, -0.25) is 4.79 Å². The first-order valence-electron chi connectivity index (χ1n) is 7.91. The summed E-state index contributed by atoms with van der Waals surface area (Å²) in [6.45, 7) is 7.69. The van der Waals surface area contributed by atoms with Crippen molar-refractivity contribution in [2.45, 2.75) is 52.1 Å². The molecule has 0 saturated heterocycles. The average molecular weight is 289 g/mol. The lowest BCUT2D eigenvalue weighted by Gasteiger charge is -2.30. The Morgan fingerprint density at radius 2 is 2.05 bits per heavy atom. The Kier molecular flexibility index (Phi) is 4.88. The lowest BCUT2D eigenvalue weighted by Crippen LogP contribution is -2.32. The fourth-order valence-corrected chi connectivity index (χ4v) is 2.94. The number of carbonyl (C=O) groups is 1. The smallest absolute Gasteiger partial charge is 0.248 e. The summed E-state index contributed by atoms with van der Waals surface area (Å²) in [6, 6.07) is 6.14. The highest BCUT2D eigenvalue weighted by Crippen LogP contribution is 2.36. The van der Waals surface area contributed by atoms with Crippen molar-refractivity contribution in [3.8, 4) is 0 Å². The van der Waals surface area contributed by atoms with Crippen LogP contribution in [0.3, 0.4) is 0 Å². The molecular weight excluding hydrogens is 262 g/mol. The van der Waals surface area contributed by atoms with Gasteiger partial charge in [0.2, 0.25) is 5.91 Å². The number of hydrogen-bond acceptors (Lipinski definition) is 3. The fraction of sp³-hybridized carbons (Fsp3) is 0.588. The lowest BCUT2D eigenvalue weighted by molar-refractivity contribution is -0.118. The Morgan fingerprint density at radius 3 is 2.67 bits per heavy atom. The number of amides is 1. The second-order valence-corrected chi connectivity index (χ2v) is 6.11. The number of nitrogens with two attached hydrogens (primary N) is 1. The first-order chi connectivity index (χ1) is 9.97. The molecule has 0 saturated carbocycles. The molecule has 0 aliphatic carbocycles. The van der Waals surface area contributed by atoms with Gasteiger partial charge in [-0.25, -0.2) is 0 Å². The molecule has 1 unspecified atom stereocenters. The zero-order valence-electron chi connectivity index (χ0n) is 13.6. The van der Waals surface area contributed by atoms with Gasteiger partial charge < -0.3 is 15.5 Å². The highest BCUT2D eigenvalue weighted by Gasteiger charge is 2.32. The van der Waals surface area contributed by atoms with Gasteiger partial charge in [-0.15, -0.1) is 0 Å². The molecule has 0 bridgehead atoms. The van der Waals surface area contributed by atoms with Gasteiger partial charge in [0.15, 0.2) is 0 Å². The summed E-state index contributed by atoms with van der Waals surface area (Å²) in [5, 5.41) is 0. The number of hydrogen-bond donors (Lipinski definition) is 1. The molecule has 1 aromatic carbocycles. The zero-order valence-corrected chi connectivity index (χ0v) is 13.6. The summed E-state index contributed by atoms with van der Waals surface area (Å²) in [5.41, 5.74) is 9.02. The zero-order chi connectivity index (χ0) is 15.6. The molecule has 1 aromatic rings. The van der Waals surface area contributed by atoms with Crippen molar-refractivity contribution >= 4 is 17.3 Å². The van der Waals surface area contributed by atoms with Gasteiger partial charge in [-0.1, -0.05) is 25.8 Å². The van der Waals surface area contributed by atoms with Crippen LogP contribution in [0.4, 0.5) is 11.4 Å². The van der Waals surface area contributed by atoms with Crippen LogP contribution in [0.5, 0.6) is 0 Å². The summed E-state index contributed by atoms with van der Waals surface area (Å²) < 4.78 is 0. The monoisotopic (exact) mass is 289 g/mol. The Bertz CT molecular complexity index is 513. The predicted molar refractivity (Wildman–Crippen MR) is 88.8 cm³/mol. The molecular formula is C17H27N3O. The first-order valence-corrected chi connectivity index (χ1v) is 7.91. The van der Waals surface area contributed by atoms with E-state index in [9.17, 15) is 4.79 Å². The molecule has 2 N–H and O–H groups in total. The second kappa shape index (κ2) is 6.48. The van der Waals surface area contributed by atoms with Crippen LogP contribution in [0.25, 0.3) is 0 Å². The molecule has 1 amide bonds. The van der Waals surface area contributed by atoms with Crippen molar-refractivity contribution in [2.24, 2.45) is 5.73 Å². The van der Waals surface area contributed by atoms with Gasteiger partial charge in [0.25, 0.3) is 0 Å². The number of benzene rings is 1. The molecule has 1 atom stereocenters. The maximum atomic E-state index is 12.0.